The number of phenols is 1. The summed E-state index contributed by atoms with van der Waals surface area (Å²) in [6.45, 7) is 2.09. The highest BCUT2D eigenvalue weighted by Crippen LogP contribution is 2.45. The maximum atomic E-state index is 13.4. The third kappa shape index (κ3) is 6.21. The minimum atomic E-state index is -0.562. The smallest absolute Gasteiger partial charge is 0.123 e. The monoisotopic (exact) mass is 461 g/mol. The van der Waals surface area contributed by atoms with Crippen LogP contribution in [-0.2, 0) is 23.4 Å². The maximum absolute atomic E-state index is 13.4. The van der Waals surface area contributed by atoms with Crippen LogP contribution in [0.25, 0.3) is 0 Å². The lowest BCUT2D eigenvalue weighted by molar-refractivity contribution is -0.0140. The third-order valence-corrected chi connectivity index (χ3v) is 5.96. The fourth-order valence-electron chi connectivity index (χ4n) is 4.24. The van der Waals surface area contributed by atoms with Gasteiger partial charge in [-0.15, -0.1) is 0 Å². The predicted octanol–water partition coefficient (Wildman–Crippen LogP) is 4.71. The molecule has 3 aromatic rings. The summed E-state index contributed by atoms with van der Waals surface area (Å²) in [6.07, 6.45) is 2.65. The largest absolute Gasteiger partial charge is 0.508 e. The Morgan fingerprint density at radius 2 is 1.79 bits per heavy atom. The Bertz CT molecular complexity index is 1110. The number of rotatable bonds is 7. The molecule has 6 heteroatoms. The van der Waals surface area contributed by atoms with Gasteiger partial charge in [0.15, 0.2) is 0 Å². The standard InChI is InChI=1S/C20H21FN2O.C8H11NO/c1-23(2)11-3-10-20(17-5-7-18(21)8-6-17)19-9-4-15(13-22)12-16(19)14-24-20;9-6-5-7-1-3-8(10)4-2-7/h4-9,12H,3,10-11,14H2,1-2H3;1-4,10H,5-6,9H2. The summed E-state index contributed by atoms with van der Waals surface area (Å²) < 4.78 is 19.6. The third-order valence-electron chi connectivity index (χ3n) is 5.96. The molecule has 1 aliphatic heterocycles. The number of benzene rings is 3. The van der Waals surface area contributed by atoms with Gasteiger partial charge < -0.3 is 20.5 Å². The molecule has 0 bridgehead atoms. The van der Waals surface area contributed by atoms with E-state index in [1.54, 1.807) is 24.3 Å². The molecule has 1 atom stereocenters. The van der Waals surface area contributed by atoms with E-state index in [2.05, 4.69) is 11.0 Å². The second-order valence-electron chi connectivity index (χ2n) is 8.72. The maximum Gasteiger partial charge on any atom is 0.123 e. The summed E-state index contributed by atoms with van der Waals surface area (Å²) >= 11 is 0. The number of ether oxygens (including phenoxy) is 1. The number of nitriles is 1. The average molecular weight is 462 g/mol. The van der Waals surface area contributed by atoms with Crippen molar-refractivity contribution in [1.82, 2.24) is 4.90 Å². The average Bonchev–Trinajstić information content (AvgIpc) is 3.20. The van der Waals surface area contributed by atoms with Crippen molar-refractivity contribution in [1.29, 1.82) is 5.26 Å². The Morgan fingerprint density at radius 3 is 2.41 bits per heavy atom. The fourth-order valence-corrected chi connectivity index (χ4v) is 4.24. The molecule has 0 amide bonds. The number of nitrogens with zero attached hydrogens (tertiary/aromatic N) is 2. The van der Waals surface area contributed by atoms with Crippen molar-refractivity contribution in [2.24, 2.45) is 5.73 Å². The fraction of sp³-hybridized carbons (Fsp3) is 0.321. The van der Waals surface area contributed by atoms with E-state index in [4.69, 9.17) is 20.8 Å². The number of nitrogens with two attached hydrogens (primary N) is 1. The molecule has 178 valence electrons. The van der Waals surface area contributed by atoms with Crippen LogP contribution in [0.4, 0.5) is 4.39 Å². The molecule has 3 N–H and O–H groups in total. The molecule has 1 unspecified atom stereocenters. The van der Waals surface area contributed by atoms with Gasteiger partial charge in [0.05, 0.1) is 18.2 Å². The van der Waals surface area contributed by atoms with Crippen LogP contribution in [0.2, 0.25) is 0 Å². The molecule has 0 radical (unpaired) electrons. The molecular weight excluding hydrogens is 429 g/mol. The number of aromatic hydroxyl groups is 1. The number of fused-ring (bicyclic) bond motifs is 1. The van der Waals surface area contributed by atoms with Crippen LogP contribution in [0.5, 0.6) is 5.75 Å². The van der Waals surface area contributed by atoms with E-state index < -0.39 is 5.60 Å². The van der Waals surface area contributed by atoms with E-state index in [9.17, 15) is 4.39 Å². The van der Waals surface area contributed by atoms with E-state index in [0.717, 1.165) is 42.5 Å². The Labute approximate surface area is 201 Å². The minimum Gasteiger partial charge on any atom is -0.508 e. The van der Waals surface area contributed by atoms with E-state index in [0.29, 0.717) is 24.5 Å². The van der Waals surface area contributed by atoms with Gasteiger partial charge in [-0.05, 0) is 105 Å². The number of phenolic OH excluding ortho intramolecular Hbond substituents is 1. The first-order chi connectivity index (χ1) is 16.4. The molecule has 0 spiro atoms. The predicted molar refractivity (Wildman–Crippen MR) is 132 cm³/mol. The molecule has 4 rings (SSSR count). The molecule has 1 heterocycles. The van der Waals surface area contributed by atoms with Crippen LogP contribution in [0.3, 0.4) is 0 Å². The van der Waals surface area contributed by atoms with Gasteiger partial charge in [0.1, 0.15) is 17.2 Å². The van der Waals surface area contributed by atoms with E-state index in [1.165, 1.54) is 17.7 Å². The Morgan fingerprint density at radius 1 is 1.09 bits per heavy atom. The molecule has 0 aliphatic carbocycles. The van der Waals surface area contributed by atoms with Crippen LogP contribution >= 0.6 is 0 Å². The van der Waals surface area contributed by atoms with Crippen LogP contribution < -0.4 is 5.73 Å². The Balaban J connectivity index is 0.000000271. The van der Waals surface area contributed by atoms with Crippen LogP contribution in [0, 0.1) is 17.1 Å². The second-order valence-corrected chi connectivity index (χ2v) is 8.72. The number of hydrogen-bond acceptors (Lipinski definition) is 5. The van der Waals surface area contributed by atoms with Crippen LogP contribution in [-0.4, -0.2) is 37.2 Å². The van der Waals surface area contributed by atoms with Crippen molar-refractivity contribution in [3.05, 3.63) is 100 Å². The van der Waals surface area contributed by atoms with Crippen molar-refractivity contribution in [3.63, 3.8) is 0 Å². The summed E-state index contributed by atoms with van der Waals surface area (Å²) in [5, 5.41) is 18.0. The summed E-state index contributed by atoms with van der Waals surface area (Å²) in [5.41, 5.74) is 9.68. The van der Waals surface area contributed by atoms with E-state index in [1.807, 2.05) is 44.4 Å². The minimum absolute atomic E-state index is 0.250. The quantitative estimate of drug-likeness (QED) is 0.533. The molecule has 1 aliphatic rings. The van der Waals surface area contributed by atoms with E-state index in [-0.39, 0.29) is 5.82 Å². The lowest BCUT2D eigenvalue weighted by atomic mass is 9.81. The lowest BCUT2D eigenvalue weighted by Crippen LogP contribution is -2.28. The summed E-state index contributed by atoms with van der Waals surface area (Å²) in [6, 6.07) is 21.6. The zero-order valence-electron chi connectivity index (χ0n) is 19.8. The highest BCUT2D eigenvalue weighted by atomic mass is 19.1. The first kappa shape index (κ1) is 25.4. The van der Waals surface area contributed by atoms with Crippen LogP contribution in [0.1, 0.15) is 40.7 Å². The molecule has 0 saturated carbocycles. The highest BCUT2D eigenvalue weighted by Gasteiger charge is 2.41. The molecular formula is C28H32FN3O2. The molecule has 0 aromatic heterocycles. The normalized spacial score (nSPS) is 16.5. The van der Waals surface area contributed by atoms with Crippen molar-refractivity contribution in [2.75, 3.05) is 27.2 Å². The molecule has 0 fully saturated rings. The van der Waals surface area contributed by atoms with Crippen molar-refractivity contribution in [2.45, 2.75) is 31.5 Å². The first-order valence-electron chi connectivity index (χ1n) is 11.4. The first-order valence-corrected chi connectivity index (χ1v) is 11.4. The van der Waals surface area contributed by atoms with Crippen molar-refractivity contribution >= 4 is 0 Å². The summed E-state index contributed by atoms with van der Waals surface area (Å²) in [5.74, 6) is 0.0565. The van der Waals surface area contributed by atoms with Crippen molar-refractivity contribution in [3.8, 4) is 11.8 Å². The topological polar surface area (TPSA) is 82.5 Å². The summed E-state index contributed by atoms with van der Waals surface area (Å²) in [7, 11) is 4.10. The van der Waals surface area contributed by atoms with Gasteiger partial charge in [-0.3, -0.25) is 0 Å². The zero-order chi connectivity index (χ0) is 24.6. The van der Waals surface area contributed by atoms with Gasteiger partial charge in [-0.2, -0.15) is 5.26 Å². The molecule has 0 saturated heterocycles. The van der Waals surface area contributed by atoms with Crippen LogP contribution in [0.15, 0.2) is 66.7 Å². The Hall–Kier alpha value is -3.24. The second kappa shape index (κ2) is 11.8. The van der Waals surface area contributed by atoms with Gasteiger partial charge in [0.2, 0.25) is 0 Å². The molecule has 34 heavy (non-hydrogen) atoms. The van der Waals surface area contributed by atoms with Gasteiger partial charge in [0.25, 0.3) is 0 Å². The highest BCUT2D eigenvalue weighted by molar-refractivity contribution is 5.48. The van der Waals surface area contributed by atoms with Gasteiger partial charge in [-0.25, -0.2) is 4.39 Å². The molecule has 3 aromatic carbocycles. The Kier molecular flexibility index (Phi) is 8.78. The SMILES string of the molecule is CN(C)CCCC1(c2ccc(F)cc2)OCc2cc(C#N)ccc21.NCCc1ccc(O)cc1. The zero-order valence-corrected chi connectivity index (χ0v) is 19.8. The number of hydrogen-bond donors (Lipinski definition) is 2. The van der Waals surface area contributed by atoms with Gasteiger partial charge in [0, 0.05) is 0 Å². The lowest BCUT2D eigenvalue weighted by Gasteiger charge is -2.31. The van der Waals surface area contributed by atoms with Crippen molar-refractivity contribution < 1.29 is 14.2 Å². The summed E-state index contributed by atoms with van der Waals surface area (Å²) in [4.78, 5) is 2.15. The van der Waals surface area contributed by atoms with Gasteiger partial charge in [-0.1, -0.05) is 30.3 Å². The van der Waals surface area contributed by atoms with Gasteiger partial charge >= 0.3 is 0 Å². The molecule has 5 nitrogen and oxygen atoms in total. The van der Waals surface area contributed by atoms with E-state index >= 15 is 0 Å². The number of halogens is 1.